The summed E-state index contributed by atoms with van der Waals surface area (Å²) < 4.78 is 5.00. The number of benzene rings is 1. The Kier molecular flexibility index (Phi) is 3.74. The van der Waals surface area contributed by atoms with Gasteiger partial charge in [0.05, 0.1) is 4.92 Å². The normalized spacial score (nSPS) is 12.6. The Labute approximate surface area is 115 Å². The van der Waals surface area contributed by atoms with Crippen molar-refractivity contribution in [2.45, 2.75) is 26.8 Å². The van der Waals surface area contributed by atoms with Gasteiger partial charge in [-0.3, -0.25) is 10.1 Å². The van der Waals surface area contributed by atoms with Gasteiger partial charge in [0.1, 0.15) is 11.3 Å². The SMILES string of the molecule is CC(C)[C@H](C)Nc1c([N+](=O)[O-])c(=O)oc2ccccc12. The molecule has 0 amide bonds. The van der Waals surface area contributed by atoms with Gasteiger partial charge in [-0.2, -0.15) is 0 Å². The molecular weight excluding hydrogens is 260 g/mol. The fourth-order valence-corrected chi connectivity index (χ4v) is 1.85. The van der Waals surface area contributed by atoms with Gasteiger partial charge in [-0.15, -0.1) is 0 Å². The van der Waals surface area contributed by atoms with Gasteiger partial charge in [-0.05, 0) is 25.0 Å². The van der Waals surface area contributed by atoms with E-state index in [0.717, 1.165) is 0 Å². The number of hydrogen-bond donors (Lipinski definition) is 1. The molecule has 0 aliphatic carbocycles. The molecule has 1 atom stereocenters. The lowest BCUT2D eigenvalue weighted by atomic mass is 10.1. The maximum atomic E-state index is 11.8. The van der Waals surface area contributed by atoms with Gasteiger partial charge in [-0.1, -0.05) is 26.0 Å². The lowest BCUT2D eigenvalue weighted by Crippen LogP contribution is -2.23. The van der Waals surface area contributed by atoms with Crippen LogP contribution in [0, 0.1) is 16.0 Å². The number of hydrogen-bond acceptors (Lipinski definition) is 5. The fraction of sp³-hybridized carbons (Fsp3) is 0.357. The molecule has 0 aliphatic heterocycles. The second-order valence-electron chi connectivity index (χ2n) is 5.04. The molecule has 0 unspecified atom stereocenters. The minimum absolute atomic E-state index is 0.0149. The van der Waals surface area contributed by atoms with Crippen LogP contribution in [0.2, 0.25) is 0 Å². The molecule has 1 heterocycles. The molecule has 6 nitrogen and oxygen atoms in total. The number of para-hydroxylation sites is 1. The number of nitrogens with zero attached hydrogens (tertiary/aromatic N) is 1. The number of anilines is 1. The predicted molar refractivity (Wildman–Crippen MR) is 77.1 cm³/mol. The highest BCUT2D eigenvalue weighted by Gasteiger charge is 2.26. The van der Waals surface area contributed by atoms with Gasteiger partial charge in [0.25, 0.3) is 0 Å². The highest BCUT2D eigenvalue weighted by molar-refractivity contribution is 5.94. The van der Waals surface area contributed by atoms with E-state index in [0.29, 0.717) is 11.0 Å². The standard InChI is InChI=1S/C14H16N2O4/c1-8(2)9(3)15-12-10-6-4-5-7-11(10)20-14(17)13(12)16(18)19/h4-9,15H,1-3H3/t9-/m0/s1. The van der Waals surface area contributed by atoms with Crippen molar-refractivity contribution in [3.8, 4) is 0 Å². The van der Waals surface area contributed by atoms with Gasteiger partial charge in [0.2, 0.25) is 0 Å². The first-order valence-corrected chi connectivity index (χ1v) is 6.38. The molecule has 0 saturated carbocycles. The van der Waals surface area contributed by atoms with Crippen LogP contribution in [0.3, 0.4) is 0 Å². The van der Waals surface area contributed by atoms with E-state index < -0.39 is 16.2 Å². The van der Waals surface area contributed by atoms with Crippen molar-refractivity contribution in [2.24, 2.45) is 5.92 Å². The molecule has 6 heteroatoms. The third-order valence-electron chi connectivity index (χ3n) is 3.34. The first-order valence-electron chi connectivity index (χ1n) is 6.38. The Hall–Kier alpha value is -2.37. The number of fused-ring (bicyclic) bond motifs is 1. The van der Waals surface area contributed by atoms with Crippen molar-refractivity contribution >= 4 is 22.3 Å². The number of rotatable bonds is 4. The zero-order valence-corrected chi connectivity index (χ0v) is 11.5. The van der Waals surface area contributed by atoms with Gasteiger partial charge in [0.15, 0.2) is 0 Å². The first-order chi connectivity index (χ1) is 9.41. The quantitative estimate of drug-likeness (QED) is 0.526. The minimum Gasteiger partial charge on any atom is -0.418 e. The number of nitrogens with one attached hydrogen (secondary N) is 1. The van der Waals surface area contributed by atoms with Gasteiger partial charge < -0.3 is 9.73 Å². The van der Waals surface area contributed by atoms with Crippen LogP contribution in [0.1, 0.15) is 20.8 Å². The zero-order chi connectivity index (χ0) is 14.9. The molecule has 0 aliphatic rings. The van der Waals surface area contributed by atoms with Crippen molar-refractivity contribution in [3.05, 3.63) is 44.8 Å². The average molecular weight is 276 g/mol. The fourth-order valence-electron chi connectivity index (χ4n) is 1.85. The predicted octanol–water partition coefficient (Wildman–Crippen LogP) is 3.16. The molecular formula is C14H16N2O4. The summed E-state index contributed by atoms with van der Waals surface area (Å²) in [5.41, 5.74) is -0.923. The summed E-state index contributed by atoms with van der Waals surface area (Å²) in [5, 5.41) is 14.8. The van der Waals surface area contributed by atoms with Crippen LogP contribution in [0.15, 0.2) is 33.5 Å². The topological polar surface area (TPSA) is 85.4 Å². The van der Waals surface area contributed by atoms with E-state index in [1.54, 1.807) is 24.3 Å². The summed E-state index contributed by atoms with van der Waals surface area (Å²) in [6.45, 7) is 5.91. The molecule has 0 fully saturated rings. The first kappa shape index (κ1) is 14.0. The maximum Gasteiger partial charge on any atom is 0.417 e. The third-order valence-corrected chi connectivity index (χ3v) is 3.34. The summed E-state index contributed by atoms with van der Waals surface area (Å²) >= 11 is 0. The largest absolute Gasteiger partial charge is 0.418 e. The molecule has 0 saturated heterocycles. The minimum atomic E-state index is -0.938. The van der Waals surface area contributed by atoms with Gasteiger partial charge in [0, 0.05) is 11.4 Å². The Morgan fingerprint density at radius 2 is 1.90 bits per heavy atom. The van der Waals surface area contributed by atoms with E-state index in [1.807, 2.05) is 20.8 Å². The van der Waals surface area contributed by atoms with Gasteiger partial charge in [-0.25, -0.2) is 4.79 Å². The molecule has 106 valence electrons. The van der Waals surface area contributed by atoms with Crippen LogP contribution < -0.4 is 10.9 Å². The van der Waals surface area contributed by atoms with Crippen molar-refractivity contribution in [3.63, 3.8) is 0 Å². The van der Waals surface area contributed by atoms with Crippen LogP contribution in [-0.4, -0.2) is 11.0 Å². The van der Waals surface area contributed by atoms with Crippen LogP contribution >= 0.6 is 0 Å². The van der Waals surface area contributed by atoms with E-state index >= 15 is 0 Å². The Balaban J connectivity index is 2.72. The molecule has 2 rings (SSSR count). The lowest BCUT2D eigenvalue weighted by Gasteiger charge is -2.19. The summed E-state index contributed by atoms with van der Waals surface area (Å²) in [6, 6.07) is 6.76. The van der Waals surface area contributed by atoms with Crippen molar-refractivity contribution < 1.29 is 9.34 Å². The molecule has 0 bridgehead atoms. The van der Waals surface area contributed by atoms with Crippen LogP contribution in [-0.2, 0) is 0 Å². The van der Waals surface area contributed by atoms with Crippen molar-refractivity contribution in [1.82, 2.24) is 0 Å². The molecule has 20 heavy (non-hydrogen) atoms. The van der Waals surface area contributed by atoms with E-state index in [1.165, 1.54) is 0 Å². The second-order valence-corrected chi connectivity index (χ2v) is 5.04. The third kappa shape index (κ3) is 2.49. The maximum absolute atomic E-state index is 11.8. The van der Waals surface area contributed by atoms with Crippen LogP contribution in [0.4, 0.5) is 11.4 Å². The van der Waals surface area contributed by atoms with Gasteiger partial charge >= 0.3 is 11.3 Å². The van der Waals surface area contributed by atoms with Crippen molar-refractivity contribution in [1.29, 1.82) is 0 Å². The molecule has 2 aromatic rings. The van der Waals surface area contributed by atoms with E-state index in [-0.39, 0.29) is 17.6 Å². The molecule has 1 N–H and O–H groups in total. The van der Waals surface area contributed by atoms with Crippen LogP contribution in [0.5, 0.6) is 0 Å². The second kappa shape index (κ2) is 5.32. The van der Waals surface area contributed by atoms with Crippen LogP contribution in [0.25, 0.3) is 11.0 Å². The Morgan fingerprint density at radius 3 is 2.50 bits per heavy atom. The summed E-state index contributed by atoms with van der Waals surface area (Å²) in [6.07, 6.45) is 0. The van der Waals surface area contributed by atoms with E-state index in [4.69, 9.17) is 4.42 Å². The summed E-state index contributed by atoms with van der Waals surface area (Å²) in [7, 11) is 0. The smallest absolute Gasteiger partial charge is 0.417 e. The molecule has 1 aromatic heterocycles. The Morgan fingerprint density at radius 1 is 1.25 bits per heavy atom. The number of nitro groups is 1. The van der Waals surface area contributed by atoms with E-state index in [9.17, 15) is 14.9 Å². The average Bonchev–Trinajstić information content (AvgIpc) is 2.37. The lowest BCUT2D eigenvalue weighted by molar-refractivity contribution is -0.386. The summed E-state index contributed by atoms with van der Waals surface area (Å²) in [4.78, 5) is 22.2. The Bertz CT molecular complexity index is 706. The zero-order valence-electron chi connectivity index (χ0n) is 11.5. The summed E-state index contributed by atoms with van der Waals surface area (Å²) in [5.74, 6) is 0.264. The molecule has 0 spiro atoms. The molecule has 1 aromatic carbocycles. The van der Waals surface area contributed by atoms with E-state index in [2.05, 4.69) is 5.32 Å². The molecule has 0 radical (unpaired) electrons. The highest BCUT2D eigenvalue weighted by Crippen LogP contribution is 2.31. The van der Waals surface area contributed by atoms with Crippen molar-refractivity contribution in [2.75, 3.05) is 5.32 Å². The monoisotopic (exact) mass is 276 g/mol. The highest BCUT2D eigenvalue weighted by atomic mass is 16.6.